The minimum absolute atomic E-state index is 0.542. The van der Waals surface area contributed by atoms with E-state index in [1.54, 1.807) is 7.11 Å². The molecule has 0 saturated carbocycles. The number of H-pyrrole nitrogens is 1. The van der Waals surface area contributed by atoms with E-state index in [4.69, 9.17) is 17.0 Å². The Morgan fingerprint density at radius 3 is 2.50 bits per heavy atom. The molecule has 0 unspecified atom stereocenters. The minimum atomic E-state index is 0.542. The molecule has 1 N–H and O–H groups in total. The van der Waals surface area contributed by atoms with Gasteiger partial charge in [0.15, 0.2) is 5.82 Å². The third-order valence-electron chi connectivity index (χ3n) is 3.72. The summed E-state index contributed by atoms with van der Waals surface area (Å²) in [5, 5.41) is 3.27. The summed E-state index contributed by atoms with van der Waals surface area (Å²) in [5.41, 5.74) is 2.24. The van der Waals surface area contributed by atoms with Gasteiger partial charge < -0.3 is 4.74 Å². The van der Waals surface area contributed by atoms with E-state index in [-0.39, 0.29) is 0 Å². The van der Waals surface area contributed by atoms with Crippen molar-refractivity contribution in [2.24, 2.45) is 0 Å². The van der Waals surface area contributed by atoms with E-state index in [0.717, 1.165) is 23.7 Å². The number of ether oxygens (including phenoxy) is 1. The summed E-state index contributed by atoms with van der Waals surface area (Å²) in [7, 11) is 3.71. The molecule has 5 nitrogen and oxygen atoms in total. The maximum Gasteiger partial charge on any atom is 0.217 e. The predicted octanol–water partition coefficient (Wildman–Crippen LogP) is 3.71. The van der Waals surface area contributed by atoms with Crippen LogP contribution in [0.15, 0.2) is 54.6 Å². The Morgan fingerprint density at radius 2 is 1.83 bits per heavy atom. The molecule has 0 fully saturated rings. The number of methoxy groups -OCH3 is 1. The van der Waals surface area contributed by atoms with Crippen molar-refractivity contribution < 1.29 is 4.74 Å². The van der Waals surface area contributed by atoms with Gasteiger partial charge in [0.05, 0.1) is 13.8 Å². The highest BCUT2D eigenvalue weighted by atomic mass is 32.1. The Morgan fingerprint density at radius 1 is 1.12 bits per heavy atom. The Balaban J connectivity index is 1.72. The van der Waals surface area contributed by atoms with E-state index < -0.39 is 0 Å². The predicted molar refractivity (Wildman–Crippen MR) is 97.3 cm³/mol. The molecule has 3 aromatic rings. The first-order valence-electron chi connectivity index (χ1n) is 7.69. The molecule has 0 radical (unpaired) electrons. The Labute approximate surface area is 146 Å². The van der Waals surface area contributed by atoms with Crippen molar-refractivity contribution >= 4 is 12.2 Å². The van der Waals surface area contributed by atoms with Crippen LogP contribution in [0.1, 0.15) is 5.56 Å². The number of nitrogens with zero attached hydrogens (tertiary/aromatic N) is 3. The Bertz CT molecular complexity index is 839. The second-order valence-electron chi connectivity index (χ2n) is 5.65. The van der Waals surface area contributed by atoms with Crippen molar-refractivity contribution in [2.75, 3.05) is 14.2 Å². The maximum absolute atomic E-state index is 5.37. The monoisotopic (exact) mass is 340 g/mol. The number of rotatable bonds is 6. The second-order valence-corrected chi connectivity index (χ2v) is 6.02. The van der Waals surface area contributed by atoms with Crippen LogP contribution in [0.3, 0.4) is 0 Å². The highest BCUT2D eigenvalue weighted by Crippen LogP contribution is 2.19. The van der Waals surface area contributed by atoms with Gasteiger partial charge in [0.2, 0.25) is 4.77 Å². The van der Waals surface area contributed by atoms with Crippen LogP contribution in [-0.2, 0) is 13.2 Å². The standard InChI is InChI=1S/C18H20N4OS/c1-21(12-14-6-4-3-5-7-14)13-22-18(24)19-17(20-22)15-8-10-16(23-2)11-9-15/h3-11H,12-13H2,1-2H3,(H,19,20,24). The van der Waals surface area contributed by atoms with Gasteiger partial charge in [-0.05, 0) is 49.1 Å². The molecule has 0 aliphatic heterocycles. The first-order valence-corrected chi connectivity index (χ1v) is 8.10. The molecule has 6 heteroatoms. The third kappa shape index (κ3) is 3.90. The summed E-state index contributed by atoms with van der Waals surface area (Å²) in [5.74, 6) is 1.58. The van der Waals surface area contributed by atoms with Gasteiger partial charge in [-0.15, -0.1) is 0 Å². The fourth-order valence-electron chi connectivity index (χ4n) is 2.52. The molecule has 0 spiro atoms. The molecule has 3 rings (SSSR count). The van der Waals surface area contributed by atoms with E-state index in [1.807, 2.05) is 47.1 Å². The minimum Gasteiger partial charge on any atom is -0.497 e. The van der Waals surface area contributed by atoms with Crippen molar-refractivity contribution in [3.05, 3.63) is 64.9 Å². The van der Waals surface area contributed by atoms with Crippen LogP contribution in [-0.4, -0.2) is 33.8 Å². The van der Waals surface area contributed by atoms with E-state index in [2.05, 4.69) is 34.2 Å². The molecule has 2 aromatic carbocycles. The van der Waals surface area contributed by atoms with Gasteiger partial charge in [0.25, 0.3) is 0 Å². The smallest absolute Gasteiger partial charge is 0.217 e. The first-order chi connectivity index (χ1) is 11.7. The quantitative estimate of drug-likeness (QED) is 0.695. The molecule has 24 heavy (non-hydrogen) atoms. The third-order valence-corrected chi connectivity index (χ3v) is 4.03. The van der Waals surface area contributed by atoms with Crippen LogP contribution in [0.5, 0.6) is 5.75 Å². The van der Waals surface area contributed by atoms with Crippen molar-refractivity contribution in [1.29, 1.82) is 0 Å². The summed E-state index contributed by atoms with van der Waals surface area (Å²) >= 11 is 5.37. The summed E-state index contributed by atoms with van der Waals surface area (Å²) < 4.78 is 7.60. The zero-order valence-electron chi connectivity index (χ0n) is 13.8. The van der Waals surface area contributed by atoms with Crippen molar-refractivity contribution in [3.8, 4) is 17.1 Å². The lowest BCUT2D eigenvalue weighted by molar-refractivity contribution is 0.244. The molecule has 0 aliphatic carbocycles. The molecular weight excluding hydrogens is 320 g/mol. The second kappa shape index (κ2) is 7.42. The molecule has 0 bridgehead atoms. The van der Waals surface area contributed by atoms with Gasteiger partial charge in [-0.25, -0.2) is 4.68 Å². The molecule has 0 amide bonds. The SMILES string of the molecule is COc1ccc(-c2nc(=S)n(CN(C)Cc3ccccc3)[nH]2)cc1. The molecular formula is C18H20N4OS. The van der Waals surface area contributed by atoms with Gasteiger partial charge in [0.1, 0.15) is 5.75 Å². The van der Waals surface area contributed by atoms with Crippen molar-refractivity contribution in [2.45, 2.75) is 13.2 Å². The Kier molecular flexibility index (Phi) is 5.08. The summed E-state index contributed by atoms with van der Waals surface area (Å²) in [6, 6.07) is 18.1. The normalized spacial score (nSPS) is 11.0. The number of nitrogens with one attached hydrogen (secondary N) is 1. The Hall–Kier alpha value is -2.44. The van der Waals surface area contributed by atoms with E-state index in [0.29, 0.717) is 11.4 Å². The topological polar surface area (TPSA) is 46.1 Å². The lowest BCUT2D eigenvalue weighted by Gasteiger charge is -2.16. The van der Waals surface area contributed by atoms with Gasteiger partial charge in [0, 0.05) is 12.1 Å². The highest BCUT2D eigenvalue weighted by Gasteiger charge is 2.07. The van der Waals surface area contributed by atoms with Gasteiger partial charge in [-0.1, -0.05) is 30.3 Å². The number of hydrogen-bond acceptors (Lipinski definition) is 4. The largest absolute Gasteiger partial charge is 0.497 e. The lowest BCUT2D eigenvalue weighted by Crippen LogP contribution is -2.22. The number of aromatic nitrogens is 3. The number of benzene rings is 2. The maximum atomic E-state index is 5.37. The summed E-state index contributed by atoms with van der Waals surface area (Å²) in [6.07, 6.45) is 0. The van der Waals surface area contributed by atoms with E-state index in [9.17, 15) is 0 Å². The molecule has 1 aromatic heterocycles. The van der Waals surface area contributed by atoms with Crippen LogP contribution in [0.2, 0.25) is 0 Å². The van der Waals surface area contributed by atoms with Gasteiger partial charge in [-0.3, -0.25) is 10.00 Å². The molecule has 124 valence electrons. The van der Waals surface area contributed by atoms with Gasteiger partial charge in [-0.2, -0.15) is 4.98 Å². The van der Waals surface area contributed by atoms with Crippen molar-refractivity contribution in [1.82, 2.24) is 19.7 Å². The molecule has 0 saturated heterocycles. The molecule has 0 atom stereocenters. The van der Waals surface area contributed by atoms with Crippen LogP contribution in [0.4, 0.5) is 0 Å². The van der Waals surface area contributed by atoms with Crippen molar-refractivity contribution in [3.63, 3.8) is 0 Å². The number of aromatic amines is 1. The fraction of sp³-hybridized carbons (Fsp3) is 0.222. The summed E-state index contributed by atoms with van der Waals surface area (Å²) in [6.45, 7) is 1.50. The van der Waals surface area contributed by atoms with E-state index in [1.165, 1.54) is 5.56 Å². The van der Waals surface area contributed by atoms with Crippen LogP contribution < -0.4 is 4.74 Å². The van der Waals surface area contributed by atoms with Crippen LogP contribution in [0, 0.1) is 4.77 Å². The zero-order chi connectivity index (χ0) is 16.9. The average Bonchev–Trinajstić information content (AvgIpc) is 2.96. The fourth-order valence-corrected chi connectivity index (χ4v) is 2.71. The first kappa shape index (κ1) is 16.4. The number of hydrogen-bond donors (Lipinski definition) is 1. The van der Waals surface area contributed by atoms with E-state index >= 15 is 0 Å². The molecule has 1 heterocycles. The average molecular weight is 340 g/mol. The van der Waals surface area contributed by atoms with Crippen LogP contribution >= 0.6 is 12.2 Å². The highest BCUT2D eigenvalue weighted by molar-refractivity contribution is 7.71. The molecule has 0 aliphatic rings. The lowest BCUT2D eigenvalue weighted by atomic mass is 10.2. The van der Waals surface area contributed by atoms with Crippen LogP contribution in [0.25, 0.3) is 11.4 Å². The van der Waals surface area contributed by atoms with Gasteiger partial charge >= 0.3 is 0 Å². The zero-order valence-corrected chi connectivity index (χ0v) is 14.6. The summed E-state index contributed by atoms with van der Waals surface area (Å²) in [4.78, 5) is 6.63.